The van der Waals surface area contributed by atoms with E-state index in [9.17, 15) is 18.5 Å². The van der Waals surface area contributed by atoms with Gasteiger partial charge in [0.2, 0.25) is 14.2 Å². The molecule has 0 N–H and O–H groups in total. The second-order valence-electron chi connectivity index (χ2n) is 3.58. The first-order valence-electron chi connectivity index (χ1n) is 5.25. The number of nitrogens with zero attached hydrogens (tertiary/aromatic N) is 3. The van der Waals surface area contributed by atoms with Crippen molar-refractivity contribution in [1.82, 2.24) is 10.2 Å². The van der Waals surface area contributed by atoms with Crippen molar-refractivity contribution in [3.8, 4) is 10.6 Å². The zero-order valence-corrected chi connectivity index (χ0v) is 11.4. The highest BCUT2D eigenvalue weighted by molar-refractivity contribution is 7.93. The summed E-state index contributed by atoms with van der Waals surface area (Å²) < 4.78 is 23.2. The Balaban J connectivity index is 2.44. The van der Waals surface area contributed by atoms with Crippen LogP contribution in [0.5, 0.6) is 0 Å². The van der Waals surface area contributed by atoms with Crippen molar-refractivity contribution >= 4 is 26.9 Å². The molecule has 0 unspecified atom stereocenters. The first-order valence-corrected chi connectivity index (χ1v) is 7.72. The number of nitro groups is 1. The van der Waals surface area contributed by atoms with Crippen molar-refractivity contribution in [1.29, 1.82) is 0 Å². The van der Waals surface area contributed by atoms with Crippen molar-refractivity contribution in [2.45, 2.75) is 11.3 Å². The minimum absolute atomic E-state index is 0.0590. The van der Waals surface area contributed by atoms with Gasteiger partial charge in [0.15, 0.2) is 0 Å². The highest BCUT2D eigenvalue weighted by Gasteiger charge is 2.19. The van der Waals surface area contributed by atoms with E-state index >= 15 is 0 Å². The SMILES string of the molecule is CCS(=O)(=O)c1nnc(-c2cccc([N+](=O)[O-])c2)s1. The van der Waals surface area contributed by atoms with Crippen molar-refractivity contribution in [2.24, 2.45) is 0 Å². The van der Waals surface area contributed by atoms with E-state index in [2.05, 4.69) is 10.2 Å². The fourth-order valence-corrected chi connectivity index (χ4v) is 3.41. The molecule has 0 radical (unpaired) electrons. The Hall–Kier alpha value is -1.87. The molecule has 2 rings (SSSR count). The van der Waals surface area contributed by atoms with Crippen LogP contribution in [0.25, 0.3) is 10.6 Å². The Morgan fingerprint density at radius 2 is 2.11 bits per heavy atom. The molecule has 19 heavy (non-hydrogen) atoms. The largest absolute Gasteiger partial charge is 0.270 e. The number of benzene rings is 1. The van der Waals surface area contributed by atoms with Crippen LogP contribution < -0.4 is 0 Å². The van der Waals surface area contributed by atoms with E-state index in [1.165, 1.54) is 25.1 Å². The zero-order chi connectivity index (χ0) is 14.0. The van der Waals surface area contributed by atoms with Gasteiger partial charge in [0, 0.05) is 17.7 Å². The predicted molar refractivity (Wildman–Crippen MR) is 69.7 cm³/mol. The van der Waals surface area contributed by atoms with Gasteiger partial charge in [0.1, 0.15) is 5.01 Å². The van der Waals surface area contributed by atoms with Crippen LogP contribution in [0.15, 0.2) is 28.6 Å². The zero-order valence-electron chi connectivity index (χ0n) is 9.81. The summed E-state index contributed by atoms with van der Waals surface area (Å²) in [6, 6.07) is 5.83. The molecular formula is C10H9N3O4S2. The lowest BCUT2D eigenvalue weighted by Crippen LogP contribution is -2.02. The smallest absolute Gasteiger partial charge is 0.258 e. The maximum Gasteiger partial charge on any atom is 0.270 e. The van der Waals surface area contributed by atoms with Gasteiger partial charge < -0.3 is 0 Å². The van der Waals surface area contributed by atoms with E-state index < -0.39 is 14.8 Å². The second kappa shape index (κ2) is 5.02. The summed E-state index contributed by atoms with van der Waals surface area (Å²) in [6.07, 6.45) is 0. The van der Waals surface area contributed by atoms with Crippen LogP contribution in [-0.4, -0.2) is 29.3 Å². The molecule has 0 bridgehead atoms. The van der Waals surface area contributed by atoms with Crippen LogP contribution >= 0.6 is 11.3 Å². The van der Waals surface area contributed by atoms with E-state index in [1.54, 1.807) is 6.07 Å². The highest BCUT2D eigenvalue weighted by atomic mass is 32.2. The molecule has 0 aliphatic heterocycles. The summed E-state index contributed by atoms with van der Waals surface area (Å²) in [5, 5.41) is 18.4. The average molecular weight is 299 g/mol. The van der Waals surface area contributed by atoms with Crippen molar-refractivity contribution in [3.63, 3.8) is 0 Å². The Morgan fingerprint density at radius 3 is 2.74 bits per heavy atom. The van der Waals surface area contributed by atoms with Gasteiger partial charge in [0.05, 0.1) is 10.7 Å². The average Bonchev–Trinajstić information content (AvgIpc) is 2.89. The fourth-order valence-electron chi connectivity index (χ4n) is 1.33. The van der Waals surface area contributed by atoms with Crippen molar-refractivity contribution < 1.29 is 13.3 Å². The maximum atomic E-state index is 11.6. The maximum absolute atomic E-state index is 11.6. The lowest BCUT2D eigenvalue weighted by atomic mass is 10.2. The summed E-state index contributed by atoms with van der Waals surface area (Å²) >= 11 is 0.905. The Bertz CT molecular complexity index is 724. The molecule has 1 aromatic heterocycles. The Labute approximate surface area is 113 Å². The van der Waals surface area contributed by atoms with Gasteiger partial charge in [-0.15, -0.1) is 10.2 Å². The van der Waals surface area contributed by atoms with Gasteiger partial charge in [-0.3, -0.25) is 10.1 Å². The summed E-state index contributed by atoms with van der Waals surface area (Å²) in [5.41, 5.74) is 0.400. The van der Waals surface area contributed by atoms with Crippen LogP contribution in [-0.2, 0) is 9.84 Å². The highest BCUT2D eigenvalue weighted by Crippen LogP contribution is 2.28. The van der Waals surface area contributed by atoms with E-state index in [4.69, 9.17) is 0 Å². The standard InChI is InChI=1S/C10H9N3O4S2/c1-2-19(16,17)10-12-11-9(18-10)7-4-3-5-8(6-7)13(14)15/h3-6H,2H2,1H3. The third-order valence-electron chi connectivity index (χ3n) is 2.36. The summed E-state index contributed by atoms with van der Waals surface area (Å²) in [4.78, 5) is 10.2. The number of rotatable bonds is 4. The number of sulfone groups is 1. The molecule has 0 aliphatic rings. The summed E-state index contributed by atoms with van der Waals surface area (Å²) in [5.74, 6) is -0.0590. The third kappa shape index (κ3) is 2.76. The topological polar surface area (TPSA) is 103 Å². The lowest BCUT2D eigenvalue weighted by Gasteiger charge is -1.95. The first-order chi connectivity index (χ1) is 8.94. The molecule has 7 nitrogen and oxygen atoms in total. The van der Waals surface area contributed by atoms with Crippen LogP contribution in [0.1, 0.15) is 6.92 Å². The summed E-state index contributed by atoms with van der Waals surface area (Å²) in [6.45, 7) is 1.52. The molecule has 0 saturated carbocycles. The predicted octanol–water partition coefficient (Wildman–Crippen LogP) is 1.91. The monoisotopic (exact) mass is 299 g/mol. The van der Waals surface area contributed by atoms with E-state index in [0.717, 1.165) is 11.3 Å². The molecule has 0 amide bonds. The van der Waals surface area contributed by atoms with Crippen LogP contribution in [0.2, 0.25) is 0 Å². The first kappa shape index (κ1) is 13.6. The van der Waals surface area contributed by atoms with Crippen LogP contribution in [0.4, 0.5) is 5.69 Å². The molecule has 1 heterocycles. The molecular weight excluding hydrogens is 290 g/mol. The molecule has 100 valence electrons. The molecule has 0 aliphatic carbocycles. The molecule has 2 aromatic rings. The van der Waals surface area contributed by atoms with Gasteiger partial charge in [-0.05, 0) is 0 Å². The second-order valence-corrected chi connectivity index (χ2v) is 7.01. The number of aromatic nitrogens is 2. The minimum Gasteiger partial charge on any atom is -0.258 e. The van der Waals surface area contributed by atoms with Gasteiger partial charge in [0.25, 0.3) is 5.69 Å². The molecule has 0 fully saturated rings. The number of hydrogen-bond acceptors (Lipinski definition) is 7. The molecule has 0 atom stereocenters. The lowest BCUT2D eigenvalue weighted by molar-refractivity contribution is -0.384. The van der Waals surface area contributed by atoms with E-state index in [0.29, 0.717) is 10.6 Å². The van der Waals surface area contributed by atoms with Crippen LogP contribution in [0, 0.1) is 10.1 Å². The Kier molecular flexibility index (Phi) is 3.58. The quantitative estimate of drug-likeness (QED) is 0.631. The molecule has 0 spiro atoms. The van der Waals surface area contributed by atoms with Gasteiger partial charge in [-0.25, -0.2) is 8.42 Å². The molecule has 9 heteroatoms. The van der Waals surface area contributed by atoms with E-state index in [-0.39, 0.29) is 15.8 Å². The fraction of sp³-hybridized carbons (Fsp3) is 0.200. The van der Waals surface area contributed by atoms with Crippen molar-refractivity contribution in [2.75, 3.05) is 5.75 Å². The van der Waals surface area contributed by atoms with Crippen LogP contribution in [0.3, 0.4) is 0 Å². The normalized spacial score (nSPS) is 11.4. The van der Waals surface area contributed by atoms with Gasteiger partial charge >= 0.3 is 0 Å². The van der Waals surface area contributed by atoms with E-state index in [1.807, 2.05) is 0 Å². The third-order valence-corrected chi connectivity index (χ3v) is 5.51. The number of non-ortho nitro benzene ring substituents is 1. The molecule has 1 aromatic carbocycles. The van der Waals surface area contributed by atoms with Crippen molar-refractivity contribution in [3.05, 3.63) is 34.4 Å². The Morgan fingerprint density at radius 1 is 1.37 bits per heavy atom. The van der Waals surface area contributed by atoms with Gasteiger partial charge in [-0.1, -0.05) is 30.4 Å². The number of hydrogen-bond donors (Lipinski definition) is 0. The minimum atomic E-state index is -3.40. The summed E-state index contributed by atoms with van der Waals surface area (Å²) in [7, 11) is -3.40. The molecule has 0 saturated heterocycles. The number of nitro benzene ring substituents is 1. The van der Waals surface area contributed by atoms with Gasteiger partial charge in [-0.2, -0.15) is 0 Å².